The number of aromatic nitrogens is 1. The molecule has 1 N–H and O–H groups in total. The molecule has 168 valence electrons. The van der Waals surface area contributed by atoms with Gasteiger partial charge in [-0.1, -0.05) is 42.3 Å². The monoisotopic (exact) mass is 483 g/mol. The summed E-state index contributed by atoms with van der Waals surface area (Å²) in [6.45, 7) is 4.54. The average Bonchev–Trinajstić information content (AvgIpc) is 2.74. The summed E-state index contributed by atoms with van der Waals surface area (Å²) in [5.74, 6) is -0.222. The zero-order chi connectivity index (χ0) is 22.6. The van der Waals surface area contributed by atoms with E-state index in [0.29, 0.717) is 32.4 Å². The molecule has 1 fully saturated rings. The van der Waals surface area contributed by atoms with Gasteiger partial charge in [-0.2, -0.15) is 0 Å². The van der Waals surface area contributed by atoms with Crippen molar-refractivity contribution >= 4 is 39.1 Å². The van der Waals surface area contributed by atoms with Gasteiger partial charge in [-0.05, 0) is 50.5 Å². The van der Waals surface area contributed by atoms with Crippen molar-refractivity contribution in [3.05, 3.63) is 63.9 Å². The second-order valence-electron chi connectivity index (χ2n) is 7.88. The molecule has 6 nitrogen and oxygen atoms in total. The molecule has 1 aromatic carbocycles. The molecule has 1 aromatic heterocycles. The number of hydrogen-bond donors (Lipinski definition) is 1. The standard InChI is InChI=1S/C22H27Cl2N3O3S/c1-3-15-31(29,30)27-13-10-22(11-14-27,19-9-4-5-12-25-19)16(2)26-21(28)20-17(23)7-6-8-18(20)24/h4-9,12,16H,3,10-11,13-15H2,1-2H3,(H,26,28)/t16-/m0/s1. The fourth-order valence-corrected chi connectivity index (χ4v) is 6.32. The molecule has 0 unspecified atom stereocenters. The van der Waals surface area contributed by atoms with Crippen LogP contribution in [0.1, 0.15) is 49.2 Å². The summed E-state index contributed by atoms with van der Waals surface area (Å²) >= 11 is 12.4. The number of nitrogens with one attached hydrogen (secondary N) is 1. The zero-order valence-corrected chi connectivity index (χ0v) is 20.0. The third-order valence-corrected chi connectivity index (χ3v) is 8.72. The van der Waals surface area contributed by atoms with Gasteiger partial charge in [0.15, 0.2) is 0 Å². The molecular formula is C22H27Cl2N3O3S. The van der Waals surface area contributed by atoms with Crippen molar-refractivity contribution in [1.29, 1.82) is 0 Å². The van der Waals surface area contributed by atoms with Crippen LogP contribution in [0.15, 0.2) is 42.6 Å². The minimum Gasteiger partial charge on any atom is -0.349 e. The van der Waals surface area contributed by atoms with Crippen LogP contribution in [-0.2, 0) is 15.4 Å². The average molecular weight is 484 g/mol. The molecular weight excluding hydrogens is 457 g/mol. The smallest absolute Gasteiger partial charge is 0.254 e. The first-order chi connectivity index (χ1) is 14.7. The van der Waals surface area contributed by atoms with Crippen molar-refractivity contribution in [2.24, 2.45) is 0 Å². The number of hydrogen-bond acceptors (Lipinski definition) is 4. The van der Waals surface area contributed by atoms with E-state index in [4.69, 9.17) is 23.2 Å². The van der Waals surface area contributed by atoms with Crippen molar-refractivity contribution in [3.8, 4) is 0 Å². The normalized spacial score (nSPS) is 17.8. The Bertz CT molecular complexity index is 1000. The first-order valence-corrected chi connectivity index (χ1v) is 12.7. The SMILES string of the molecule is CCCS(=O)(=O)N1CCC(c2ccccn2)([C@H](C)NC(=O)c2c(Cl)cccc2Cl)CC1. The molecule has 1 amide bonds. The topological polar surface area (TPSA) is 79.4 Å². The van der Waals surface area contributed by atoms with E-state index >= 15 is 0 Å². The maximum atomic E-state index is 13.0. The Morgan fingerprint density at radius 2 is 1.81 bits per heavy atom. The summed E-state index contributed by atoms with van der Waals surface area (Å²) in [7, 11) is -3.28. The van der Waals surface area contributed by atoms with Gasteiger partial charge < -0.3 is 5.32 Å². The molecule has 1 aliphatic rings. The van der Waals surface area contributed by atoms with E-state index in [1.807, 2.05) is 32.0 Å². The number of sulfonamides is 1. The quantitative estimate of drug-likeness (QED) is 0.636. The number of rotatable bonds is 7. The summed E-state index contributed by atoms with van der Waals surface area (Å²) in [6.07, 6.45) is 3.39. The minimum absolute atomic E-state index is 0.140. The predicted molar refractivity (Wildman–Crippen MR) is 124 cm³/mol. The second kappa shape index (κ2) is 9.86. The highest BCUT2D eigenvalue weighted by Gasteiger charge is 2.44. The van der Waals surface area contributed by atoms with Gasteiger partial charge >= 0.3 is 0 Å². The van der Waals surface area contributed by atoms with Crippen molar-refractivity contribution in [2.75, 3.05) is 18.8 Å². The van der Waals surface area contributed by atoms with Crippen LogP contribution >= 0.6 is 23.2 Å². The van der Waals surface area contributed by atoms with Gasteiger partial charge in [-0.25, -0.2) is 12.7 Å². The Kier molecular flexibility index (Phi) is 7.63. The Balaban J connectivity index is 1.88. The lowest BCUT2D eigenvalue weighted by molar-refractivity contribution is 0.0893. The van der Waals surface area contributed by atoms with Crippen LogP contribution in [0.3, 0.4) is 0 Å². The van der Waals surface area contributed by atoms with E-state index in [-0.39, 0.29) is 33.3 Å². The summed E-state index contributed by atoms with van der Waals surface area (Å²) in [5.41, 5.74) is 0.556. The first-order valence-electron chi connectivity index (χ1n) is 10.4. The summed E-state index contributed by atoms with van der Waals surface area (Å²) in [6, 6.07) is 10.3. The van der Waals surface area contributed by atoms with Crippen LogP contribution < -0.4 is 5.32 Å². The van der Waals surface area contributed by atoms with Gasteiger partial charge in [0.2, 0.25) is 10.0 Å². The van der Waals surface area contributed by atoms with Gasteiger partial charge in [-0.15, -0.1) is 0 Å². The highest BCUT2D eigenvalue weighted by atomic mass is 35.5. The zero-order valence-electron chi connectivity index (χ0n) is 17.6. The van der Waals surface area contributed by atoms with Crippen molar-refractivity contribution in [1.82, 2.24) is 14.6 Å². The maximum Gasteiger partial charge on any atom is 0.254 e. The summed E-state index contributed by atoms with van der Waals surface area (Å²) in [4.78, 5) is 17.6. The van der Waals surface area contributed by atoms with Crippen LogP contribution in [0.5, 0.6) is 0 Å². The van der Waals surface area contributed by atoms with Gasteiger partial charge in [0, 0.05) is 36.4 Å². The number of carbonyl (C=O) groups excluding carboxylic acids is 1. The maximum absolute atomic E-state index is 13.0. The van der Waals surface area contributed by atoms with E-state index in [2.05, 4.69) is 10.3 Å². The van der Waals surface area contributed by atoms with E-state index in [9.17, 15) is 13.2 Å². The van der Waals surface area contributed by atoms with Crippen LogP contribution in [0.4, 0.5) is 0 Å². The van der Waals surface area contributed by atoms with E-state index in [0.717, 1.165) is 5.69 Å². The lowest BCUT2D eigenvalue weighted by atomic mass is 9.70. The first kappa shape index (κ1) is 24.0. The van der Waals surface area contributed by atoms with Crippen LogP contribution in [0.25, 0.3) is 0 Å². The largest absolute Gasteiger partial charge is 0.349 e. The molecule has 0 spiro atoms. The van der Waals surface area contributed by atoms with Gasteiger partial charge in [0.25, 0.3) is 5.91 Å². The number of carbonyl (C=O) groups is 1. The number of benzene rings is 1. The van der Waals surface area contributed by atoms with Crippen molar-refractivity contribution in [2.45, 2.75) is 44.6 Å². The molecule has 0 aliphatic carbocycles. The van der Waals surface area contributed by atoms with Crippen molar-refractivity contribution in [3.63, 3.8) is 0 Å². The fraction of sp³-hybridized carbons (Fsp3) is 0.455. The van der Waals surface area contributed by atoms with E-state index < -0.39 is 15.4 Å². The van der Waals surface area contributed by atoms with Crippen LogP contribution in [0.2, 0.25) is 10.0 Å². The Morgan fingerprint density at radius 3 is 2.35 bits per heavy atom. The molecule has 1 aliphatic heterocycles. The second-order valence-corrected chi connectivity index (χ2v) is 10.8. The van der Waals surface area contributed by atoms with Crippen LogP contribution in [-0.4, -0.2) is 48.5 Å². The number of amides is 1. The predicted octanol–water partition coefficient (Wildman–Crippen LogP) is 4.28. The molecule has 0 radical (unpaired) electrons. The fourth-order valence-electron chi connectivity index (χ4n) is 4.24. The summed E-state index contributed by atoms with van der Waals surface area (Å²) < 4.78 is 26.7. The minimum atomic E-state index is -3.28. The molecule has 1 atom stereocenters. The Hall–Kier alpha value is -1.67. The van der Waals surface area contributed by atoms with Gasteiger partial charge in [0.05, 0.1) is 21.4 Å². The van der Waals surface area contributed by atoms with E-state index in [1.54, 1.807) is 28.7 Å². The molecule has 2 aromatic rings. The molecule has 0 saturated carbocycles. The molecule has 9 heteroatoms. The molecule has 3 rings (SSSR count). The molecule has 31 heavy (non-hydrogen) atoms. The molecule has 1 saturated heterocycles. The molecule has 2 heterocycles. The highest BCUT2D eigenvalue weighted by molar-refractivity contribution is 7.89. The number of pyridine rings is 1. The van der Waals surface area contributed by atoms with E-state index in [1.165, 1.54) is 0 Å². The Labute approximate surface area is 194 Å². The van der Waals surface area contributed by atoms with Gasteiger partial charge in [-0.3, -0.25) is 9.78 Å². The Morgan fingerprint density at radius 1 is 1.16 bits per heavy atom. The highest BCUT2D eigenvalue weighted by Crippen LogP contribution is 2.39. The summed E-state index contributed by atoms with van der Waals surface area (Å²) in [5, 5.41) is 3.61. The molecule has 0 bridgehead atoms. The number of halogens is 2. The van der Waals surface area contributed by atoms with Crippen molar-refractivity contribution < 1.29 is 13.2 Å². The van der Waals surface area contributed by atoms with Gasteiger partial charge in [0.1, 0.15) is 0 Å². The third-order valence-electron chi connectivity index (χ3n) is 6.01. The lowest BCUT2D eigenvalue weighted by Crippen LogP contribution is -2.55. The number of piperidine rings is 1. The van der Waals surface area contributed by atoms with Crippen LogP contribution in [0, 0.1) is 0 Å². The number of nitrogens with zero attached hydrogens (tertiary/aromatic N) is 2. The third kappa shape index (κ3) is 5.06. The lowest BCUT2D eigenvalue weighted by Gasteiger charge is -2.45.